The highest BCUT2D eigenvalue weighted by Gasteiger charge is 2.28. The van der Waals surface area contributed by atoms with Crippen molar-refractivity contribution in [1.29, 1.82) is 0 Å². The van der Waals surface area contributed by atoms with Gasteiger partial charge >= 0.3 is 0 Å². The lowest BCUT2D eigenvalue weighted by molar-refractivity contribution is -0.121. The lowest BCUT2D eigenvalue weighted by Crippen LogP contribution is -2.52. The number of anilines is 1. The van der Waals surface area contributed by atoms with Gasteiger partial charge in [0.25, 0.3) is 0 Å². The Kier molecular flexibility index (Phi) is 8.37. The van der Waals surface area contributed by atoms with E-state index < -0.39 is 0 Å². The van der Waals surface area contributed by atoms with Crippen molar-refractivity contribution >= 4 is 29.1 Å². The second-order valence-corrected chi connectivity index (χ2v) is 9.91. The summed E-state index contributed by atoms with van der Waals surface area (Å²) in [7, 11) is 0. The molecule has 1 aromatic heterocycles. The molecule has 2 saturated heterocycles. The van der Waals surface area contributed by atoms with Gasteiger partial charge in [0.15, 0.2) is 11.6 Å². The number of aromatic nitrogens is 2. The van der Waals surface area contributed by atoms with Crippen LogP contribution in [0.25, 0.3) is 11.4 Å². The molecule has 2 aromatic rings. The van der Waals surface area contributed by atoms with Crippen molar-refractivity contribution in [2.75, 3.05) is 63.9 Å². The van der Waals surface area contributed by atoms with Crippen LogP contribution in [0.15, 0.2) is 30.5 Å². The van der Waals surface area contributed by atoms with Gasteiger partial charge in [0.05, 0.1) is 26.3 Å². The van der Waals surface area contributed by atoms with Crippen LogP contribution >= 0.6 is 11.6 Å². The summed E-state index contributed by atoms with van der Waals surface area (Å²) in [6.07, 6.45) is 2.33. The molecule has 34 heavy (non-hydrogen) atoms. The predicted molar refractivity (Wildman–Crippen MR) is 133 cm³/mol. The highest BCUT2D eigenvalue weighted by Crippen LogP contribution is 2.27. The van der Waals surface area contributed by atoms with Gasteiger partial charge in [0.1, 0.15) is 5.82 Å². The van der Waals surface area contributed by atoms with Gasteiger partial charge in [-0.2, -0.15) is 0 Å². The minimum Gasteiger partial charge on any atom is -0.379 e. The Morgan fingerprint density at radius 1 is 1.12 bits per heavy atom. The minimum absolute atomic E-state index is 0.0315. The number of nitrogens with zero attached hydrogens (tertiary/aromatic N) is 5. The third kappa shape index (κ3) is 6.44. The Morgan fingerprint density at radius 2 is 1.88 bits per heavy atom. The molecular weight excluding hydrogens is 454 g/mol. The van der Waals surface area contributed by atoms with Crippen molar-refractivity contribution in [3.05, 3.63) is 35.5 Å². The first-order valence-electron chi connectivity index (χ1n) is 12.1. The average molecular weight is 488 g/mol. The van der Waals surface area contributed by atoms with E-state index >= 15 is 0 Å². The third-order valence-electron chi connectivity index (χ3n) is 6.24. The van der Waals surface area contributed by atoms with Crippen molar-refractivity contribution < 1.29 is 14.3 Å². The topological polar surface area (TPSA) is 70.9 Å². The van der Waals surface area contributed by atoms with E-state index in [-0.39, 0.29) is 24.2 Å². The van der Waals surface area contributed by atoms with E-state index in [1.807, 2.05) is 48.9 Å². The summed E-state index contributed by atoms with van der Waals surface area (Å²) in [6, 6.07) is 7.43. The zero-order valence-corrected chi connectivity index (χ0v) is 20.8. The van der Waals surface area contributed by atoms with Gasteiger partial charge in [-0.05, 0) is 18.1 Å². The fraction of sp³-hybridized carbons (Fsp3) is 0.560. The summed E-state index contributed by atoms with van der Waals surface area (Å²) in [5, 5.41) is 0.604. The first kappa shape index (κ1) is 24.9. The average Bonchev–Trinajstić information content (AvgIpc) is 3.21. The normalized spacial score (nSPS) is 18.1. The molecule has 0 saturated carbocycles. The standard InChI is InChI=1S/C25H34ClN5O3/c1-19(2)14-22(32)16-30-17-23(27-25(30)20-4-3-5-21(26)15-20)31-9-8-29(18-24(31)33)7-6-28-10-12-34-13-11-28/h3-5,15,17,19H,6-14,16,18H2,1-2H3. The van der Waals surface area contributed by atoms with Crippen molar-refractivity contribution in [2.24, 2.45) is 5.92 Å². The maximum absolute atomic E-state index is 13.0. The number of piperazine rings is 1. The fourth-order valence-electron chi connectivity index (χ4n) is 4.48. The molecule has 2 aliphatic heterocycles. The zero-order chi connectivity index (χ0) is 24.1. The SMILES string of the molecule is CC(C)CC(=O)Cn1cc(N2CCN(CCN3CCOCC3)CC2=O)nc1-c1cccc(Cl)c1. The quantitative estimate of drug-likeness (QED) is 0.541. The van der Waals surface area contributed by atoms with Crippen LogP contribution in [-0.2, 0) is 20.9 Å². The number of morpholine rings is 1. The lowest BCUT2D eigenvalue weighted by Gasteiger charge is -2.35. The van der Waals surface area contributed by atoms with Gasteiger partial charge in [0.2, 0.25) is 5.91 Å². The highest BCUT2D eigenvalue weighted by atomic mass is 35.5. The Morgan fingerprint density at radius 3 is 2.59 bits per heavy atom. The van der Waals surface area contributed by atoms with Gasteiger partial charge in [-0.1, -0.05) is 37.6 Å². The number of Topliss-reactive ketones (excluding diaryl/α,β-unsaturated/α-hetero) is 1. The summed E-state index contributed by atoms with van der Waals surface area (Å²) < 4.78 is 7.26. The number of rotatable bonds is 9. The van der Waals surface area contributed by atoms with E-state index in [1.165, 1.54) is 0 Å². The van der Waals surface area contributed by atoms with Crippen LogP contribution in [-0.4, -0.2) is 90.1 Å². The second-order valence-electron chi connectivity index (χ2n) is 9.47. The Hall–Kier alpha value is -2.26. The van der Waals surface area contributed by atoms with Gasteiger partial charge < -0.3 is 9.30 Å². The predicted octanol–water partition coefficient (Wildman–Crippen LogP) is 2.80. The number of amides is 1. The number of halogens is 1. The van der Waals surface area contributed by atoms with Crippen molar-refractivity contribution in [2.45, 2.75) is 26.8 Å². The van der Waals surface area contributed by atoms with Crippen molar-refractivity contribution in [1.82, 2.24) is 19.4 Å². The number of carbonyl (C=O) groups is 2. The van der Waals surface area contributed by atoms with Gasteiger partial charge in [-0.15, -0.1) is 0 Å². The van der Waals surface area contributed by atoms with E-state index in [9.17, 15) is 9.59 Å². The number of hydrogen-bond donors (Lipinski definition) is 0. The molecule has 0 atom stereocenters. The number of ether oxygens (including phenoxy) is 1. The molecular formula is C25H34ClN5O3. The monoisotopic (exact) mass is 487 g/mol. The zero-order valence-electron chi connectivity index (χ0n) is 20.1. The molecule has 3 heterocycles. The summed E-state index contributed by atoms with van der Waals surface area (Å²) in [4.78, 5) is 36.8. The molecule has 0 radical (unpaired) electrons. The maximum Gasteiger partial charge on any atom is 0.242 e. The third-order valence-corrected chi connectivity index (χ3v) is 6.48. The molecule has 8 nitrogen and oxygen atoms in total. The first-order chi connectivity index (χ1) is 16.4. The molecule has 184 valence electrons. The number of ketones is 1. The van der Waals surface area contributed by atoms with Gasteiger partial charge in [0, 0.05) is 62.5 Å². The maximum atomic E-state index is 13.0. The highest BCUT2D eigenvalue weighted by molar-refractivity contribution is 6.30. The van der Waals surface area contributed by atoms with E-state index in [1.54, 1.807) is 4.90 Å². The molecule has 1 amide bonds. The van der Waals surface area contributed by atoms with E-state index in [4.69, 9.17) is 21.3 Å². The molecule has 4 rings (SSSR count). The number of imidazole rings is 1. The molecule has 0 N–H and O–H groups in total. The second kappa shape index (κ2) is 11.4. The molecule has 2 aliphatic rings. The Labute approximate surface area is 206 Å². The molecule has 1 aromatic carbocycles. The molecule has 9 heteroatoms. The van der Waals surface area contributed by atoms with Gasteiger partial charge in [-0.3, -0.25) is 24.3 Å². The van der Waals surface area contributed by atoms with Crippen LogP contribution in [0.1, 0.15) is 20.3 Å². The van der Waals surface area contributed by atoms with Crippen LogP contribution < -0.4 is 4.90 Å². The summed E-state index contributed by atoms with van der Waals surface area (Å²) in [6.45, 7) is 11.3. The molecule has 0 aliphatic carbocycles. The fourth-order valence-corrected chi connectivity index (χ4v) is 4.67. The van der Waals surface area contributed by atoms with Crippen LogP contribution in [0.3, 0.4) is 0 Å². The Balaban J connectivity index is 1.47. The summed E-state index contributed by atoms with van der Waals surface area (Å²) in [5.74, 6) is 1.70. The van der Waals surface area contributed by atoms with E-state index in [0.29, 0.717) is 36.2 Å². The van der Waals surface area contributed by atoms with Crippen molar-refractivity contribution in [3.8, 4) is 11.4 Å². The van der Waals surface area contributed by atoms with E-state index in [0.717, 1.165) is 51.5 Å². The number of carbonyl (C=O) groups excluding carboxylic acids is 2. The molecule has 0 spiro atoms. The molecule has 0 bridgehead atoms. The van der Waals surface area contributed by atoms with Gasteiger partial charge in [-0.25, -0.2) is 4.98 Å². The summed E-state index contributed by atoms with van der Waals surface area (Å²) in [5.41, 5.74) is 0.827. The summed E-state index contributed by atoms with van der Waals surface area (Å²) >= 11 is 6.22. The lowest BCUT2D eigenvalue weighted by atomic mass is 10.1. The first-order valence-corrected chi connectivity index (χ1v) is 12.4. The number of benzene rings is 1. The molecule has 0 unspecified atom stereocenters. The van der Waals surface area contributed by atoms with E-state index in [2.05, 4.69) is 9.80 Å². The largest absolute Gasteiger partial charge is 0.379 e. The van der Waals surface area contributed by atoms with Crippen LogP contribution in [0.4, 0.5) is 5.82 Å². The van der Waals surface area contributed by atoms with Crippen LogP contribution in [0.2, 0.25) is 5.02 Å². The van der Waals surface area contributed by atoms with Crippen molar-refractivity contribution in [3.63, 3.8) is 0 Å². The Bertz CT molecular complexity index is 1000. The minimum atomic E-state index is 0.0315. The smallest absolute Gasteiger partial charge is 0.242 e. The molecule has 2 fully saturated rings. The number of hydrogen-bond acceptors (Lipinski definition) is 6. The van der Waals surface area contributed by atoms with Crippen LogP contribution in [0, 0.1) is 5.92 Å². The van der Waals surface area contributed by atoms with Crippen LogP contribution in [0.5, 0.6) is 0 Å².